The third kappa shape index (κ3) is 1.78. The van der Waals surface area contributed by atoms with Crippen molar-refractivity contribution in [1.82, 2.24) is 10.2 Å². The predicted molar refractivity (Wildman–Crippen MR) is 53.7 cm³/mol. The molecule has 14 heavy (non-hydrogen) atoms. The van der Waals surface area contributed by atoms with Gasteiger partial charge in [-0.15, -0.1) is 0 Å². The number of nitrogens with one attached hydrogen (secondary N) is 1. The lowest BCUT2D eigenvalue weighted by atomic mass is 9.95. The standard InChI is InChI=1S/C10H16N2O2/c1-5(2)7-8(6(3)4)11-12-9(7)10(13)14/h5-6H,1-4H3,(H,11,12)(H,13,14). The summed E-state index contributed by atoms with van der Waals surface area (Å²) in [5.41, 5.74) is 1.91. The molecule has 0 spiro atoms. The van der Waals surface area contributed by atoms with Crippen LogP contribution in [-0.4, -0.2) is 21.3 Å². The van der Waals surface area contributed by atoms with Crippen LogP contribution in [0.4, 0.5) is 0 Å². The number of aromatic carboxylic acids is 1. The van der Waals surface area contributed by atoms with Crippen molar-refractivity contribution in [1.29, 1.82) is 0 Å². The summed E-state index contributed by atoms with van der Waals surface area (Å²) in [7, 11) is 0. The zero-order valence-electron chi connectivity index (χ0n) is 8.96. The molecule has 0 atom stereocenters. The SMILES string of the molecule is CC(C)c1[nH]nc(C(=O)O)c1C(C)C. The summed E-state index contributed by atoms with van der Waals surface area (Å²) < 4.78 is 0. The lowest BCUT2D eigenvalue weighted by molar-refractivity contribution is 0.0689. The highest BCUT2D eigenvalue weighted by atomic mass is 16.4. The number of carboxylic acids is 1. The zero-order valence-corrected chi connectivity index (χ0v) is 8.96. The fraction of sp³-hybridized carbons (Fsp3) is 0.600. The van der Waals surface area contributed by atoms with E-state index in [1.54, 1.807) is 0 Å². The highest BCUT2D eigenvalue weighted by molar-refractivity contribution is 5.87. The predicted octanol–water partition coefficient (Wildman–Crippen LogP) is 2.35. The van der Waals surface area contributed by atoms with Crippen molar-refractivity contribution in [3.63, 3.8) is 0 Å². The van der Waals surface area contributed by atoms with Gasteiger partial charge in [-0.05, 0) is 11.8 Å². The molecule has 1 aromatic heterocycles. The maximum Gasteiger partial charge on any atom is 0.356 e. The van der Waals surface area contributed by atoms with Gasteiger partial charge in [0.1, 0.15) is 0 Å². The van der Waals surface area contributed by atoms with Gasteiger partial charge in [0.15, 0.2) is 5.69 Å². The Bertz CT molecular complexity index is 340. The third-order valence-electron chi connectivity index (χ3n) is 2.19. The van der Waals surface area contributed by atoms with Crippen molar-refractivity contribution < 1.29 is 9.90 Å². The van der Waals surface area contributed by atoms with E-state index in [-0.39, 0.29) is 17.5 Å². The van der Waals surface area contributed by atoms with Crippen molar-refractivity contribution in [2.24, 2.45) is 0 Å². The number of aromatic amines is 1. The summed E-state index contributed by atoms with van der Waals surface area (Å²) in [5, 5.41) is 15.6. The molecule has 78 valence electrons. The van der Waals surface area contributed by atoms with E-state index < -0.39 is 5.97 Å². The third-order valence-corrected chi connectivity index (χ3v) is 2.19. The second kappa shape index (κ2) is 3.82. The Morgan fingerprint density at radius 1 is 1.29 bits per heavy atom. The van der Waals surface area contributed by atoms with Crippen LogP contribution in [0.2, 0.25) is 0 Å². The average Bonchev–Trinajstić information content (AvgIpc) is 2.46. The van der Waals surface area contributed by atoms with Gasteiger partial charge in [-0.1, -0.05) is 27.7 Å². The number of H-pyrrole nitrogens is 1. The molecule has 0 aliphatic rings. The number of carbonyl (C=O) groups is 1. The molecule has 4 heteroatoms. The molecule has 0 bridgehead atoms. The first-order chi connectivity index (χ1) is 6.45. The minimum Gasteiger partial charge on any atom is -0.476 e. The van der Waals surface area contributed by atoms with E-state index >= 15 is 0 Å². The molecule has 0 amide bonds. The molecule has 0 saturated carbocycles. The number of aromatic nitrogens is 2. The molecule has 0 saturated heterocycles. The van der Waals surface area contributed by atoms with Crippen LogP contribution < -0.4 is 0 Å². The molecule has 0 unspecified atom stereocenters. The summed E-state index contributed by atoms with van der Waals surface area (Å²) >= 11 is 0. The quantitative estimate of drug-likeness (QED) is 0.779. The summed E-state index contributed by atoms with van der Waals surface area (Å²) in [6.45, 7) is 7.99. The lowest BCUT2D eigenvalue weighted by Gasteiger charge is -2.09. The van der Waals surface area contributed by atoms with Crippen molar-refractivity contribution >= 4 is 5.97 Å². The molecule has 0 aliphatic heterocycles. The second-order valence-corrected chi connectivity index (χ2v) is 4.01. The molecule has 0 aliphatic carbocycles. The second-order valence-electron chi connectivity index (χ2n) is 4.01. The topological polar surface area (TPSA) is 66.0 Å². The molecule has 1 rings (SSSR count). The van der Waals surface area contributed by atoms with Crippen LogP contribution in [-0.2, 0) is 0 Å². The zero-order chi connectivity index (χ0) is 10.9. The summed E-state index contributed by atoms with van der Waals surface area (Å²) in [6.07, 6.45) is 0. The van der Waals surface area contributed by atoms with Crippen LogP contribution in [0.3, 0.4) is 0 Å². The van der Waals surface area contributed by atoms with E-state index in [2.05, 4.69) is 10.2 Å². The first-order valence-electron chi connectivity index (χ1n) is 4.76. The summed E-state index contributed by atoms with van der Waals surface area (Å²) in [4.78, 5) is 10.9. The number of rotatable bonds is 3. The first-order valence-corrected chi connectivity index (χ1v) is 4.76. The van der Waals surface area contributed by atoms with Crippen molar-refractivity contribution in [2.75, 3.05) is 0 Å². The lowest BCUT2D eigenvalue weighted by Crippen LogP contribution is -2.04. The van der Waals surface area contributed by atoms with Gasteiger partial charge < -0.3 is 5.11 Å². The van der Waals surface area contributed by atoms with Gasteiger partial charge in [0, 0.05) is 11.3 Å². The van der Waals surface area contributed by atoms with Crippen LogP contribution in [0.15, 0.2) is 0 Å². The number of nitrogens with zero attached hydrogens (tertiary/aromatic N) is 1. The molecular formula is C10H16N2O2. The smallest absolute Gasteiger partial charge is 0.356 e. The Morgan fingerprint density at radius 2 is 1.86 bits per heavy atom. The largest absolute Gasteiger partial charge is 0.476 e. The fourth-order valence-electron chi connectivity index (χ4n) is 1.55. The number of carboxylic acid groups (broad SMARTS) is 1. The molecule has 1 heterocycles. The van der Waals surface area contributed by atoms with Crippen LogP contribution in [0.5, 0.6) is 0 Å². The Hall–Kier alpha value is -1.32. The Morgan fingerprint density at radius 3 is 2.21 bits per heavy atom. The van der Waals surface area contributed by atoms with Crippen LogP contribution in [0, 0.1) is 0 Å². The van der Waals surface area contributed by atoms with Gasteiger partial charge in [-0.3, -0.25) is 5.10 Å². The monoisotopic (exact) mass is 196 g/mol. The van der Waals surface area contributed by atoms with E-state index in [4.69, 9.17) is 5.11 Å². The van der Waals surface area contributed by atoms with Crippen LogP contribution in [0.25, 0.3) is 0 Å². The van der Waals surface area contributed by atoms with Crippen LogP contribution >= 0.6 is 0 Å². The molecular weight excluding hydrogens is 180 g/mol. The Labute approximate surface area is 83.3 Å². The summed E-state index contributed by atoms with van der Waals surface area (Å²) in [6, 6.07) is 0. The highest BCUT2D eigenvalue weighted by Crippen LogP contribution is 2.26. The first kappa shape index (κ1) is 10.8. The normalized spacial score (nSPS) is 11.3. The van der Waals surface area contributed by atoms with Gasteiger partial charge in [-0.25, -0.2) is 4.79 Å². The minimum atomic E-state index is -0.961. The van der Waals surface area contributed by atoms with E-state index in [1.165, 1.54) is 0 Å². The Balaban J connectivity index is 3.27. The molecule has 1 aromatic rings. The van der Waals surface area contributed by atoms with Crippen molar-refractivity contribution in [3.05, 3.63) is 17.0 Å². The molecule has 0 aromatic carbocycles. The maximum absolute atomic E-state index is 10.9. The highest BCUT2D eigenvalue weighted by Gasteiger charge is 2.22. The average molecular weight is 196 g/mol. The summed E-state index contributed by atoms with van der Waals surface area (Å²) in [5.74, 6) is -0.512. The molecule has 0 radical (unpaired) electrons. The van der Waals surface area contributed by atoms with E-state index in [1.807, 2.05) is 27.7 Å². The van der Waals surface area contributed by atoms with E-state index in [9.17, 15) is 4.79 Å². The van der Waals surface area contributed by atoms with E-state index in [0.717, 1.165) is 11.3 Å². The van der Waals surface area contributed by atoms with Crippen molar-refractivity contribution in [2.45, 2.75) is 39.5 Å². The number of hydrogen-bond donors (Lipinski definition) is 2. The fourth-order valence-corrected chi connectivity index (χ4v) is 1.55. The maximum atomic E-state index is 10.9. The Kier molecular flexibility index (Phi) is 2.93. The van der Waals surface area contributed by atoms with Gasteiger partial charge >= 0.3 is 5.97 Å². The molecule has 2 N–H and O–H groups in total. The van der Waals surface area contributed by atoms with Gasteiger partial charge in [0.2, 0.25) is 0 Å². The molecule has 0 fully saturated rings. The van der Waals surface area contributed by atoms with Crippen molar-refractivity contribution in [3.8, 4) is 0 Å². The van der Waals surface area contributed by atoms with Gasteiger partial charge in [-0.2, -0.15) is 5.10 Å². The van der Waals surface area contributed by atoms with Gasteiger partial charge in [0.25, 0.3) is 0 Å². The number of hydrogen-bond acceptors (Lipinski definition) is 2. The molecule has 4 nitrogen and oxygen atoms in total. The minimum absolute atomic E-state index is 0.156. The van der Waals surface area contributed by atoms with Gasteiger partial charge in [0.05, 0.1) is 0 Å². The van der Waals surface area contributed by atoms with E-state index in [0.29, 0.717) is 0 Å². The van der Waals surface area contributed by atoms with Crippen LogP contribution in [0.1, 0.15) is 61.3 Å².